The molecule has 7 nitrogen and oxygen atoms in total. The van der Waals surface area contributed by atoms with Gasteiger partial charge < -0.3 is 4.52 Å². The standard InChI is InChI=1S/C16H14ClN2O5PS/c1-8-3-4-12-13(5-8)26-16(18-12)19-15(20)11-7-10(17)6-9(2)14(11)24-25(21,22)23/h3-7H,1-2H3,(H,18,19,20)(H2,21,22,23). The topological polar surface area (TPSA) is 109 Å². The molecule has 0 fully saturated rings. The minimum Gasteiger partial charge on any atom is -0.403 e. The van der Waals surface area contributed by atoms with Crippen LogP contribution in [0.15, 0.2) is 30.3 Å². The quantitative estimate of drug-likeness (QED) is 0.551. The average Bonchev–Trinajstić information content (AvgIpc) is 2.89. The van der Waals surface area contributed by atoms with Crippen LogP contribution >= 0.6 is 30.8 Å². The van der Waals surface area contributed by atoms with E-state index in [9.17, 15) is 9.36 Å². The molecule has 2 aromatic carbocycles. The van der Waals surface area contributed by atoms with Gasteiger partial charge in [0, 0.05) is 5.02 Å². The van der Waals surface area contributed by atoms with Crippen molar-refractivity contribution in [3.63, 3.8) is 0 Å². The molecular formula is C16H14ClN2O5PS. The van der Waals surface area contributed by atoms with E-state index in [0.717, 1.165) is 15.8 Å². The highest BCUT2D eigenvalue weighted by molar-refractivity contribution is 7.46. The highest BCUT2D eigenvalue weighted by Gasteiger charge is 2.24. The predicted octanol–water partition coefficient (Wildman–Crippen LogP) is 4.29. The number of hydrogen-bond donors (Lipinski definition) is 3. The van der Waals surface area contributed by atoms with Crippen molar-refractivity contribution in [3.8, 4) is 5.75 Å². The lowest BCUT2D eigenvalue weighted by molar-refractivity contribution is 0.102. The average molecular weight is 413 g/mol. The van der Waals surface area contributed by atoms with Crippen LogP contribution in [-0.4, -0.2) is 20.7 Å². The van der Waals surface area contributed by atoms with Gasteiger partial charge in [0.05, 0.1) is 15.8 Å². The lowest BCUT2D eigenvalue weighted by atomic mass is 10.1. The second-order valence-corrected chi connectivity index (χ2v) is 8.26. The molecule has 26 heavy (non-hydrogen) atoms. The molecule has 0 atom stereocenters. The molecule has 0 saturated heterocycles. The molecule has 1 amide bonds. The van der Waals surface area contributed by atoms with Gasteiger partial charge in [0.1, 0.15) is 5.75 Å². The molecule has 3 rings (SSSR count). The number of anilines is 1. The Labute approximate surface area is 157 Å². The molecule has 0 aliphatic carbocycles. The molecule has 0 bridgehead atoms. The number of phosphoric ester groups is 1. The number of fused-ring (bicyclic) bond motifs is 1. The molecule has 136 valence electrons. The van der Waals surface area contributed by atoms with Crippen molar-refractivity contribution in [2.45, 2.75) is 13.8 Å². The Kier molecular flexibility index (Phi) is 5.05. The largest absolute Gasteiger partial charge is 0.524 e. The van der Waals surface area contributed by atoms with E-state index in [1.807, 2.05) is 25.1 Å². The fourth-order valence-corrected chi connectivity index (χ4v) is 4.10. The molecule has 3 aromatic rings. The maximum atomic E-state index is 12.6. The number of amides is 1. The SMILES string of the molecule is Cc1ccc2nc(NC(=O)c3cc(Cl)cc(C)c3OP(=O)(O)O)sc2c1. The van der Waals surface area contributed by atoms with Gasteiger partial charge >= 0.3 is 7.82 Å². The Morgan fingerprint density at radius 2 is 2.00 bits per heavy atom. The van der Waals surface area contributed by atoms with Crippen LogP contribution in [-0.2, 0) is 4.57 Å². The molecule has 1 aromatic heterocycles. The summed E-state index contributed by atoms with van der Waals surface area (Å²) in [5.41, 5.74) is 2.05. The van der Waals surface area contributed by atoms with Gasteiger partial charge in [-0.25, -0.2) is 9.55 Å². The molecule has 0 unspecified atom stereocenters. The zero-order valence-electron chi connectivity index (χ0n) is 13.7. The minimum absolute atomic E-state index is 0.0891. The van der Waals surface area contributed by atoms with Crippen LogP contribution in [0.1, 0.15) is 21.5 Å². The van der Waals surface area contributed by atoms with Crippen LogP contribution in [0.5, 0.6) is 5.75 Å². The van der Waals surface area contributed by atoms with Crippen LogP contribution in [0.25, 0.3) is 10.2 Å². The number of nitrogens with zero attached hydrogens (tertiary/aromatic N) is 1. The maximum Gasteiger partial charge on any atom is 0.524 e. The summed E-state index contributed by atoms with van der Waals surface area (Å²) in [6.45, 7) is 3.49. The maximum absolute atomic E-state index is 12.6. The van der Waals surface area contributed by atoms with Gasteiger partial charge in [-0.15, -0.1) is 0 Å². The first kappa shape index (κ1) is 18.8. The fraction of sp³-hybridized carbons (Fsp3) is 0.125. The van der Waals surface area contributed by atoms with Crippen LogP contribution in [0.4, 0.5) is 5.13 Å². The summed E-state index contributed by atoms with van der Waals surface area (Å²) in [7, 11) is -4.84. The highest BCUT2D eigenvalue weighted by Crippen LogP contribution is 2.42. The van der Waals surface area contributed by atoms with E-state index in [1.54, 1.807) is 0 Å². The van der Waals surface area contributed by atoms with Crippen LogP contribution in [0, 0.1) is 13.8 Å². The van der Waals surface area contributed by atoms with Gasteiger partial charge in [-0.3, -0.25) is 19.9 Å². The van der Waals surface area contributed by atoms with Gasteiger partial charge in [0.25, 0.3) is 5.91 Å². The van der Waals surface area contributed by atoms with E-state index >= 15 is 0 Å². The number of halogens is 1. The van der Waals surface area contributed by atoms with Crippen molar-refractivity contribution in [1.82, 2.24) is 4.98 Å². The highest BCUT2D eigenvalue weighted by atomic mass is 35.5. The molecule has 0 aliphatic rings. The normalized spacial score (nSPS) is 11.6. The summed E-state index contributed by atoms with van der Waals surface area (Å²) >= 11 is 7.27. The van der Waals surface area contributed by atoms with Crippen molar-refractivity contribution >= 4 is 52.0 Å². The van der Waals surface area contributed by atoms with Gasteiger partial charge in [0.2, 0.25) is 0 Å². The third-order valence-electron chi connectivity index (χ3n) is 3.46. The number of rotatable bonds is 4. The monoisotopic (exact) mass is 412 g/mol. The van der Waals surface area contributed by atoms with E-state index in [-0.39, 0.29) is 16.3 Å². The van der Waals surface area contributed by atoms with Crippen LogP contribution in [0.2, 0.25) is 5.02 Å². The number of carbonyl (C=O) groups is 1. The van der Waals surface area contributed by atoms with Crippen LogP contribution < -0.4 is 9.84 Å². The summed E-state index contributed by atoms with van der Waals surface area (Å²) in [5, 5.41) is 3.22. The minimum atomic E-state index is -4.84. The van der Waals surface area contributed by atoms with Crippen LogP contribution in [0.3, 0.4) is 0 Å². The Hall–Kier alpha value is -1.96. The van der Waals surface area contributed by atoms with E-state index < -0.39 is 13.7 Å². The number of aryl methyl sites for hydroxylation is 2. The molecule has 1 heterocycles. The summed E-state index contributed by atoms with van der Waals surface area (Å²) in [6.07, 6.45) is 0. The smallest absolute Gasteiger partial charge is 0.403 e. The zero-order chi connectivity index (χ0) is 19.1. The van der Waals surface area contributed by atoms with Crippen molar-refractivity contribution in [2.75, 3.05) is 5.32 Å². The molecule has 0 aliphatic heterocycles. The third kappa shape index (κ3) is 4.23. The van der Waals surface area contributed by atoms with Crippen molar-refractivity contribution in [2.24, 2.45) is 0 Å². The fourth-order valence-electron chi connectivity index (χ4n) is 2.39. The van der Waals surface area contributed by atoms with E-state index in [2.05, 4.69) is 14.8 Å². The summed E-state index contributed by atoms with van der Waals surface area (Å²) in [4.78, 5) is 35.2. The van der Waals surface area contributed by atoms with E-state index in [1.165, 1.54) is 30.4 Å². The third-order valence-corrected chi connectivity index (χ3v) is 5.03. The van der Waals surface area contributed by atoms with Crippen molar-refractivity contribution in [1.29, 1.82) is 0 Å². The molecular weight excluding hydrogens is 399 g/mol. The summed E-state index contributed by atoms with van der Waals surface area (Å²) in [5.74, 6) is -0.855. The van der Waals surface area contributed by atoms with Gasteiger partial charge in [-0.2, -0.15) is 0 Å². The molecule has 3 N–H and O–H groups in total. The van der Waals surface area contributed by atoms with Crippen molar-refractivity contribution in [3.05, 3.63) is 52.0 Å². The number of thiazole rings is 1. The van der Waals surface area contributed by atoms with Gasteiger partial charge in [-0.05, 0) is 49.2 Å². The van der Waals surface area contributed by atoms with Crippen molar-refractivity contribution < 1.29 is 23.7 Å². The Morgan fingerprint density at radius 1 is 1.27 bits per heavy atom. The lowest BCUT2D eigenvalue weighted by Gasteiger charge is -2.14. The second kappa shape index (κ2) is 6.98. The number of carbonyl (C=O) groups excluding carboxylic acids is 1. The molecule has 0 spiro atoms. The first-order valence-corrected chi connectivity index (χ1v) is 10.1. The predicted molar refractivity (Wildman–Crippen MR) is 101 cm³/mol. The molecule has 0 radical (unpaired) electrons. The van der Waals surface area contributed by atoms with Gasteiger partial charge in [-0.1, -0.05) is 29.0 Å². The zero-order valence-corrected chi connectivity index (χ0v) is 16.2. The first-order chi connectivity index (χ1) is 12.1. The molecule has 10 heteroatoms. The van der Waals surface area contributed by atoms with Gasteiger partial charge in [0.15, 0.2) is 5.13 Å². The molecule has 0 saturated carbocycles. The number of hydrogen-bond acceptors (Lipinski definition) is 5. The summed E-state index contributed by atoms with van der Waals surface area (Å²) < 4.78 is 16.8. The Morgan fingerprint density at radius 3 is 2.69 bits per heavy atom. The number of aromatic nitrogens is 1. The number of phosphoric acid groups is 1. The lowest BCUT2D eigenvalue weighted by Crippen LogP contribution is -2.14. The van der Waals surface area contributed by atoms with E-state index in [4.69, 9.17) is 21.4 Å². The first-order valence-electron chi connectivity index (χ1n) is 7.36. The Balaban J connectivity index is 1.96. The second-order valence-electron chi connectivity index (χ2n) is 5.63. The van der Waals surface area contributed by atoms with E-state index in [0.29, 0.717) is 10.7 Å². The number of benzene rings is 2. The number of nitrogens with one attached hydrogen (secondary N) is 1. The Bertz CT molecular complexity index is 1060. The summed E-state index contributed by atoms with van der Waals surface area (Å²) in [6, 6.07) is 8.45.